The molecule has 4 fully saturated rings. The van der Waals surface area contributed by atoms with E-state index < -0.39 is 104 Å². The average molecular weight is 2120 g/mol. The molecule has 12 aromatic rings. The van der Waals surface area contributed by atoms with Crippen molar-refractivity contribution in [2.75, 3.05) is 0 Å². The predicted molar refractivity (Wildman–Crippen MR) is 505 cm³/mol. The Hall–Kier alpha value is -8.40. The number of pyridine rings is 2. The summed E-state index contributed by atoms with van der Waals surface area (Å²) in [6, 6.07) is 31.2. The zero-order valence-electron chi connectivity index (χ0n) is 74.6. The third-order valence-electron chi connectivity index (χ3n) is 22.5. The molecule has 0 radical (unpaired) electrons. The first-order chi connectivity index (χ1) is 60.7. The Labute approximate surface area is 790 Å². The molecule has 16 rings (SSSR count). The van der Waals surface area contributed by atoms with Crippen molar-refractivity contribution in [3.63, 3.8) is 0 Å². The zero-order valence-corrected chi connectivity index (χ0v) is 84.2. The molecule has 0 aliphatic heterocycles. The highest BCUT2D eigenvalue weighted by Crippen LogP contribution is 2.52. The van der Waals surface area contributed by atoms with Gasteiger partial charge < -0.3 is 0 Å². The molecule has 6 heterocycles. The Morgan fingerprint density at radius 2 is 0.538 bits per heavy atom. The number of hydrogen-bond donors (Lipinski definition) is 4. The van der Waals surface area contributed by atoms with E-state index in [-0.39, 0.29) is 60.4 Å². The van der Waals surface area contributed by atoms with Crippen LogP contribution in [0, 0.1) is 86.3 Å². The highest BCUT2D eigenvalue weighted by atomic mass is 79.9. The monoisotopic (exact) mass is 2110 g/mol. The van der Waals surface area contributed by atoms with E-state index in [2.05, 4.69) is 113 Å². The summed E-state index contributed by atoms with van der Waals surface area (Å²) < 4.78 is 211. The van der Waals surface area contributed by atoms with Crippen molar-refractivity contribution in [3.05, 3.63) is 268 Å². The van der Waals surface area contributed by atoms with Crippen LogP contribution in [0.4, 0.5) is 26.3 Å². The van der Waals surface area contributed by atoms with E-state index in [4.69, 9.17) is 0 Å². The third-order valence-corrected chi connectivity index (χ3v) is 31.0. The van der Waals surface area contributed by atoms with E-state index in [1.165, 1.54) is 42.7 Å². The minimum absolute atomic E-state index is 0.0671. The number of sulfonamides is 4. The van der Waals surface area contributed by atoms with Crippen molar-refractivity contribution in [3.8, 4) is 45.0 Å². The van der Waals surface area contributed by atoms with E-state index >= 15 is 0 Å². The van der Waals surface area contributed by atoms with Crippen LogP contribution in [0.15, 0.2) is 208 Å². The molecular weight excluding hydrogens is 2010 g/mol. The Balaban J connectivity index is 0.000000148. The van der Waals surface area contributed by atoms with Gasteiger partial charge >= 0.3 is 0 Å². The number of nitrogens with one attached hydrogen (secondary N) is 4. The quantitative estimate of drug-likeness (QED) is 0.0323. The van der Waals surface area contributed by atoms with Crippen LogP contribution in [0.1, 0.15) is 203 Å². The maximum Gasteiger partial charge on any atom is 0.242 e. The van der Waals surface area contributed by atoms with Gasteiger partial charge in [0.1, 0.15) is 21.4 Å². The van der Waals surface area contributed by atoms with Gasteiger partial charge in [-0.3, -0.25) is 28.7 Å². The Morgan fingerprint density at radius 1 is 0.308 bits per heavy atom. The average Bonchev–Trinajstić information content (AvgIpc) is 1.61. The zero-order chi connectivity index (χ0) is 94.8. The van der Waals surface area contributed by atoms with Crippen molar-refractivity contribution in [2.45, 2.75) is 228 Å². The number of hydrogen-bond acceptors (Lipinski definition) is 14. The molecule has 22 nitrogen and oxygen atoms in total. The molecule has 6 aromatic heterocycles. The molecule has 6 aromatic carbocycles. The summed E-state index contributed by atoms with van der Waals surface area (Å²) in [4.78, 5) is 8.81. The minimum atomic E-state index is -3.87. The molecule has 0 saturated heterocycles. The molecule has 4 N–H and O–H groups in total. The third kappa shape index (κ3) is 23.1. The molecule has 0 unspecified atom stereocenters. The summed E-state index contributed by atoms with van der Waals surface area (Å²) in [5.74, 6) is -4.17. The highest BCUT2D eigenvalue weighted by molar-refractivity contribution is 9.11. The van der Waals surface area contributed by atoms with Crippen molar-refractivity contribution in [1.29, 1.82) is 0 Å². The Bertz CT molecular complexity index is 6280. The number of aromatic nitrogens is 10. The van der Waals surface area contributed by atoms with Crippen molar-refractivity contribution < 1.29 is 60.0 Å². The molecule has 130 heavy (non-hydrogen) atoms. The summed E-state index contributed by atoms with van der Waals surface area (Å²) in [5, 5.41) is 18.3. The summed E-state index contributed by atoms with van der Waals surface area (Å²) >= 11 is 13.8. The molecule has 4 atom stereocenters. The normalized spacial score (nSPS) is 15.6. The van der Waals surface area contributed by atoms with E-state index in [0.717, 1.165) is 108 Å². The molecular formula is C94H104Br4F6N14O8S4. The number of aryl methyl sites for hydroxylation is 4. The summed E-state index contributed by atoms with van der Waals surface area (Å²) in [7, 11) is -15.2. The Morgan fingerprint density at radius 3 is 0.769 bits per heavy atom. The van der Waals surface area contributed by atoms with E-state index in [1.54, 1.807) is 127 Å². The fraction of sp³-hybridized carbons (Fsp3) is 0.383. The van der Waals surface area contributed by atoms with Gasteiger partial charge in [-0.25, -0.2) is 78.9 Å². The standard InChI is InChI=1S/C24H26BrF2N3O2S.C24H27BrFN3O2S.C23H25BrF2N4O2S.C23H26BrFN4O2S/c1-14-5-9-16(10-6-14)33(31,32)29-22(15-7-8-15)18-13-28-30(24(2,3)4)23(18)17-11-20(26)21(27)12-19(17)25;1-15-5-10-18(11-6-15)32(30,31)28-22(16-7-8-16)20-14-27-29(24(2,3)4)23(20)19-13-17(26)9-12-21(19)25;1-13-5-8-15(11-27-13)33(31,32)29-21(14-6-7-14)17-12-28-30(23(2,3)4)22(17)16-9-19(25)20(26)10-18(16)24;1-14-5-9-17(12-26-14)32(30,31)28-21(15-6-7-15)19-13-27-29(23(2,3)4)22(19)18-11-16(25)8-10-20(18)24/h5-6,9-13,15,22,29H,7-8H2,1-4H3;5-6,9-14,16,22,28H,7-8H2,1-4H3;5,8-12,14,21,29H,6-7H2,1-4H3;5,8-13,15,21,28H,6-7H2,1-4H3/t2*22-;2*21-/m1111/s1. The highest BCUT2D eigenvalue weighted by Gasteiger charge is 2.45. The van der Waals surface area contributed by atoms with Crippen LogP contribution in [0.25, 0.3) is 45.0 Å². The van der Waals surface area contributed by atoms with Gasteiger partial charge in [0.05, 0.1) is 104 Å². The number of halogens is 10. The Kier molecular flexibility index (Phi) is 29.4. The van der Waals surface area contributed by atoms with Crippen LogP contribution in [-0.2, 0) is 62.2 Å². The van der Waals surface area contributed by atoms with Gasteiger partial charge in [0.15, 0.2) is 23.3 Å². The first kappa shape index (κ1) is 99.1. The van der Waals surface area contributed by atoms with E-state index in [0.29, 0.717) is 75.3 Å². The largest absolute Gasteiger partial charge is 0.260 e. The second kappa shape index (κ2) is 38.5. The molecule has 692 valence electrons. The van der Waals surface area contributed by atoms with Crippen LogP contribution in [-0.4, -0.2) is 82.8 Å². The molecule has 0 bridgehead atoms. The lowest BCUT2D eigenvalue weighted by atomic mass is 9.98. The SMILES string of the molecule is Cc1ccc(S(=O)(=O)N[C@@H](c2cnn(C(C)(C)C)c2-c2cc(F)c(F)cc2Br)C2CC2)cc1.Cc1ccc(S(=O)(=O)N[C@@H](c2cnn(C(C)(C)C)c2-c2cc(F)c(F)cc2Br)C2CC2)cn1.Cc1ccc(S(=O)(=O)N[C@@H](c2cnn(C(C)(C)C)c2-c2cc(F)ccc2Br)C2CC2)cc1.Cc1ccc(S(=O)(=O)N[C@@H](c2cnn(C(C)(C)C)c2-c2cc(F)ccc2Br)C2CC2)cn1. The molecule has 36 heteroatoms. The lowest BCUT2D eigenvalue weighted by Gasteiger charge is -2.26. The summed E-state index contributed by atoms with van der Waals surface area (Å²) in [5.41, 5.74) is 8.99. The van der Waals surface area contributed by atoms with Gasteiger partial charge in [-0.2, -0.15) is 20.4 Å². The van der Waals surface area contributed by atoms with Crippen LogP contribution in [0.5, 0.6) is 0 Å². The summed E-state index contributed by atoms with van der Waals surface area (Å²) in [6.07, 6.45) is 16.4. The second-order valence-electron chi connectivity index (χ2n) is 37.5. The number of nitrogens with zero attached hydrogens (tertiary/aromatic N) is 10. The van der Waals surface area contributed by atoms with Crippen LogP contribution in [0.2, 0.25) is 0 Å². The summed E-state index contributed by atoms with van der Waals surface area (Å²) in [6.45, 7) is 31.1. The van der Waals surface area contributed by atoms with Gasteiger partial charge in [-0.05, 0) is 327 Å². The molecule has 4 aliphatic rings. The predicted octanol–water partition coefficient (Wildman–Crippen LogP) is 22.8. The minimum Gasteiger partial charge on any atom is -0.260 e. The number of rotatable bonds is 24. The smallest absolute Gasteiger partial charge is 0.242 e. The van der Waals surface area contributed by atoms with E-state index in [1.807, 2.05) is 106 Å². The van der Waals surface area contributed by atoms with Gasteiger partial charge in [0.25, 0.3) is 0 Å². The molecule has 4 saturated carbocycles. The fourth-order valence-corrected chi connectivity index (χ4v) is 22.1. The van der Waals surface area contributed by atoms with E-state index in [9.17, 15) is 60.0 Å². The lowest BCUT2D eigenvalue weighted by Crippen LogP contribution is -2.31. The van der Waals surface area contributed by atoms with Gasteiger partial charge in [-0.1, -0.05) is 67.3 Å². The molecule has 0 spiro atoms. The molecule has 0 amide bonds. The maximum absolute atomic E-state index is 14.3. The number of benzene rings is 6. The van der Waals surface area contributed by atoms with Crippen LogP contribution in [0.3, 0.4) is 0 Å². The van der Waals surface area contributed by atoms with Crippen molar-refractivity contribution in [1.82, 2.24) is 68.0 Å². The van der Waals surface area contributed by atoms with Crippen molar-refractivity contribution >= 4 is 104 Å². The van der Waals surface area contributed by atoms with Crippen LogP contribution < -0.4 is 18.9 Å². The molecule has 4 aliphatic carbocycles. The first-order valence-electron chi connectivity index (χ1n) is 42.3. The van der Waals surface area contributed by atoms with Gasteiger partial charge in [0.2, 0.25) is 40.1 Å². The van der Waals surface area contributed by atoms with Gasteiger partial charge in [0, 0.05) is 86.2 Å². The van der Waals surface area contributed by atoms with Crippen LogP contribution >= 0.6 is 63.7 Å². The fourth-order valence-electron chi connectivity index (χ4n) is 15.2. The first-order valence-corrected chi connectivity index (χ1v) is 51.4. The lowest BCUT2D eigenvalue weighted by molar-refractivity contribution is 0.359. The maximum atomic E-state index is 14.3. The topological polar surface area (TPSA) is 282 Å². The van der Waals surface area contributed by atoms with Crippen molar-refractivity contribution in [2.24, 2.45) is 23.7 Å². The second-order valence-corrected chi connectivity index (χ2v) is 47.8. The van der Waals surface area contributed by atoms with Gasteiger partial charge in [-0.15, -0.1) is 0 Å².